The molecule has 2 nitrogen and oxygen atoms in total. The molecule has 0 saturated carbocycles. The summed E-state index contributed by atoms with van der Waals surface area (Å²) in [5.41, 5.74) is 0. The summed E-state index contributed by atoms with van der Waals surface area (Å²) in [5, 5.41) is 17.8. The van der Waals surface area contributed by atoms with Crippen LogP contribution in [-0.2, 0) is 0 Å². The molecule has 0 saturated heterocycles. The van der Waals surface area contributed by atoms with Crippen LogP contribution in [0.3, 0.4) is 0 Å². The maximum absolute atomic E-state index is 8.89. The predicted molar refractivity (Wildman–Crippen MR) is 76.5 cm³/mol. The van der Waals surface area contributed by atoms with Gasteiger partial charge in [0.1, 0.15) is 0 Å². The SMILES string of the molecule is C[Si](C)(CCCO)[SiH2][Si](C)(C)CCCO. The first kappa shape index (κ1) is 15.6. The fourth-order valence-electron chi connectivity index (χ4n) is 2.59. The molecule has 0 spiro atoms. The summed E-state index contributed by atoms with van der Waals surface area (Å²) in [7, 11) is -1.82. The Bertz CT molecular complexity index is 154. The Morgan fingerprint density at radius 2 is 1.13 bits per heavy atom. The van der Waals surface area contributed by atoms with E-state index < -0.39 is 15.2 Å². The molecule has 0 heterocycles. The third kappa shape index (κ3) is 8.39. The standard InChI is InChI=1S/C10H28O2Si3/c1-14(2,9-5-7-11)13-15(3,4)10-6-8-12/h11-12H,5-10,13H2,1-4H3. The molecular formula is C10H28O2Si3. The minimum absolute atomic E-state index is 0.0821. The highest BCUT2D eigenvalue weighted by atomic mass is 29.6. The van der Waals surface area contributed by atoms with Gasteiger partial charge >= 0.3 is 0 Å². The van der Waals surface area contributed by atoms with Gasteiger partial charge in [0, 0.05) is 37.0 Å². The van der Waals surface area contributed by atoms with E-state index in [0.717, 1.165) is 12.8 Å². The van der Waals surface area contributed by atoms with Gasteiger partial charge in [0.05, 0.1) is 0 Å². The van der Waals surface area contributed by atoms with Crippen molar-refractivity contribution in [2.75, 3.05) is 13.2 Å². The Morgan fingerprint density at radius 3 is 1.40 bits per heavy atom. The summed E-state index contributed by atoms with van der Waals surface area (Å²) in [6.07, 6.45) is 2.02. The van der Waals surface area contributed by atoms with Crippen LogP contribution in [0.2, 0.25) is 38.3 Å². The summed E-state index contributed by atoms with van der Waals surface area (Å²) in [6, 6.07) is 2.62. The summed E-state index contributed by atoms with van der Waals surface area (Å²) in [5.74, 6) is 0. The monoisotopic (exact) mass is 264 g/mol. The Labute approximate surface area is 98.5 Å². The summed E-state index contributed by atoms with van der Waals surface area (Å²) in [6.45, 7) is 10.7. The van der Waals surface area contributed by atoms with Crippen LogP contribution in [0.25, 0.3) is 0 Å². The van der Waals surface area contributed by atoms with Gasteiger partial charge < -0.3 is 10.2 Å². The van der Waals surface area contributed by atoms with Crippen molar-refractivity contribution in [3.05, 3.63) is 0 Å². The Balaban J connectivity index is 4.04. The van der Waals surface area contributed by atoms with Gasteiger partial charge in [-0.05, 0) is 12.8 Å². The second-order valence-electron chi connectivity index (χ2n) is 6.16. The van der Waals surface area contributed by atoms with E-state index in [-0.39, 0.29) is 8.55 Å². The summed E-state index contributed by atoms with van der Waals surface area (Å²) in [4.78, 5) is 0. The molecule has 2 N–H and O–H groups in total. The first-order chi connectivity index (χ1) is 6.83. The van der Waals surface area contributed by atoms with Gasteiger partial charge in [-0.1, -0.05) is 38.3 Å². The van der Waals surface area contributed by atoms with Crippen LogP contribution >= 0.6 is 0 Å². The molecule has 0 amide bonds. The average molecular weight is 265 g/mol. The minimum Gasteiger partial charge on any atom is -0.396 e. The van der Waals surface area contributed by atoms with Gasteiger partial charge in [-0.25, -0.2) is 0 Å². The second kappa shape index (κ2) is 7.01. The molecule has 0 bridgehead atoms. The molecule has 0 aromatic rings. The van der Waals surface area contributed by atoms with Crippen molar-refractivity contribution < 1.29 is 10.2 Å². The fraction of sp³-hybridized carbons (Fsp3) is 1.00. The zero-order valence-corrected chi connectivity index (χ0v) is 14.3. The van der Waals surface area contributed by atoms with Crippen molar-refractivity contribution in [2.24, 2.45) is 0 Å². The van der Waals surface area contributed by atoms with Crippen molar-refractivity contribution in [1.29, 1.82) is 0 Å². The highest BCUT2D eigenvalue weighted by Crippen LogP contribution is 2.19. The van der Waals surface area contributed by atoms with Crippen molar-refractivity contribution in [2.45, 2.75) is 51.1 Å². The van der Waals surface area contributed by atoms with E-state index in [2.05, 4.69) is 26.2 Å². The van der Waals surface area contributed by atoms with Crippen molar-refractivity contribution in [1.82, 2.24) is 0 Å². The quantitative estimate of drug-likeness (QED) is 0.650. The average Bonchev–Trinajstić information content (AvgIpc) is 2.10. The second-order valence-corrected chi connectivity index (χ2v) is 31.9. The van der Waals surface area contributed by atoms with Crippen molar-refractivity contribution in [3.8, 4) is 0 Å². The van der Waals surface area contributed by atoms with Gasteiger partial charge in [-0.2, -0.15) is 0 Å². The molecule has 92 valence electrons. The Morgan fingerprint density at radius 1 is 0.800 bits per heavy atom. The van der Waals surface area contributed by atoms with Gasteiger partial charge in [-0.3, -0.25) is 0 Å². The largest absolute Gasteiger partial charge is 0.396 e. The Kier molecular flexibility index (Phi) is 7.27. The molecular weight excluding hydrogens is 236 g/mol. The smallest absolute Gasteiger partial charge is 0.0428 e. The molecule has 0 aliphatic carbocycles. The molecule has 0 aromatic heterocycles. The third-order valence-electron chi connectivity index (χ3n) is 2.98. The maximum Gasteiger partial charge on any atom is 0.0428 e. The number of aliphatic hydroxyl groups excluding tert-OH is 2. The molecule has 0 atom stereocenters. The maximum atomic E-state index is 8.89. The minimum atomic E-state index is -0.951. The predicted octanol–water partition coefficient (Wildman–Crippen LogP) is 1.33. The lowest BCUT2D eigenvalue weighted by molar-refractivity contribution is 0.294. The highest BCUT2D eigenvalue weighted by molar-refractivity contribution is 7.52. The molecule has 5 heteroatoms. The van der Waals surface area contributed by atoms with E-state index in [1.165, 1.54) is 12.1 Å². The molecule has 0 rings (SSSR count). The lowest BCUT2D eigenvalue weighted by Crippen LogP contribution is -2.50. The molecule has 0 aromatic carbocycles. The van der Waals surface area contributed by atoms with E-state index in [1.54, 1.807) is 0 Å². The topological polar surface area (TPSA) is 40.5 Å². The lowest BCUT2D eigenvalue weighted by Gasteiger charge is -2.31. The summed E-state index contributed by atoms with van der Waals surface area (Å²) >= 11 is 0. The third-order valence-corrected chi connectivity index (χ3v) is 33.4. The zero-order chi connectivity index (χ0) is 11.9. The fourth-order valence-corrected chi connectivity index (χ4v) is 44.6. The van der Waals surface area contributed by atoms with Crippen LogP contribution in [0.4, 0.5) is 0 Å². The van der Waals surface area contributed by atoms with E-state index in [1.807, 2.05) is 0 Å². The van der Waals surface area contributed by atoms with Crippen molar-refractivity contribution >= 4 is 23.7 Å². The lowest BCUT2D eigenvalue weighted by atomic mass is 10.5. The molecule has 0 aliphatic heterocycles. The van der Waals surface area contributed by atoms with E-state index in [0.29, 0.717) is 13.2 Å². The van der Waals surface area contributed by atoms with Gasteiger partial charge in [-0.15, -0.1) is 0 Å². The number of hydrogen-bond donors (Lipinski definition) is 2. The number of rotatable bonds is 8. The van der Waals surface area contributed by atoms with Crippen LogP contribution in [0.5, 0.6) is 0 Å². The zero-order valence-electron chi connectivity index (χ0n) is 10.8. The number of aliphatic hydroxyl groups is 2. The first-order valence-corrected chi connectivity index (χ1v) is 17.1. The van der Waals surface area contributed by atoms with Crippen LogP contribution < -0.4 is 0 Å². The normalized spacial score (nSPS) is 13.2. The van der Waals surface area contributed by atoms with Crippen molar-refractivity contribution in [3.63, 3.8) is 0 Å². The van der Waals surface area contributed by atoms with Crippen LogP contribution in [0.1, 0.15) is 12.8 Å². The van der Waals surface area contributed by atoms with Crippen LogP contribution in [-0.4, -0.2) is 47.2 Å². The number of hydrogen-bond acceptors (Lipinski definition) is 2. The van der Waals surface area contributed by atoms with Gasteiger partial charge in [0.25, 0.3) is 0 Å². The van der Waals surface area contributed by atoms with E-state index in [9.17, 15) is 0 Å². The molecule has 0 unspecified atom stereocenters. The van der Waals surface area contributed by atoms with Crippen LogP contribution in [0.15, 0.2) is 0 Å². The first-order valence-electron chi connectivity index (χ1n) is 6.05. The highest BCUT2D eigenvalue weighted by Gasteiger charge is 2.31. The van der Waals surface area contributed by atoms with Gasteiger partial charge in [0.15, 0.2) is 0 Å². The van der Waals surface area contributed by atoms with Gasteiger partial charge in [0.2, 0.25) is 0 Å². The van der Waals surface area contributed by atoms with E-state index in [4.69, 9.17) is 10.2 Å². The molecule has 0 fully saturated rings. The van der Waals surface area contributed by atoms with Crippen LogP contribution in [0, 0.1) is 0 Å². The molecule has 15 heavy (non-hydrogen) atoms. The Hall–Kier alpha value is 0.571. The molecule has 0 aliphatic rings. The summed E-state index contributed by atoms with van der Waals surface area (Å²) < 4.78 is 0. The molecule has 0 radical (unpaired) electrons. The van der Waals surface area contributed by atoms with E-state index >= 15 is 0 Å².